The molecule has 0 aliphatic rings. The fraction of sp³-hybridized carbons (Fsp3) is 0.222. The van der Waals surface area contributed by atoms with E-state index in [1.165, 1.54) is 43.1 Å². The Bertz CT molecular complexity index is 1160. The van der Waals surface area contributed by atoms with Crippen molar-refractivity contribution in [1.82, 2.24) is 9.55 Å². The predicted molar refractivity (Wildman–Crippen MR) is 105 cm³/mol. The average Bonchev–Trinajstić information content (AvgIpc) is 3.01. The molecule has 0 bridgehead atoms. The number of imidazole rings is 1. The van der Waals surface area contributed by atoms with Crippen LogP contribution in [0, 0.1) is 5.82 Å². The maximum Gasteiger partial charge on any atom is 0.238 e. The lowest BCUT2D eigenvalue weighted by Crippen LogP contribution is -2.11. The molecule has 0 amide bonds. The number of rotatable bonds is 7. The van der Waals surface area contributed by atoms with E-state index in [9.17, 15) is 17.6 Å². The minimum absolute atomic E-state index is 0.0190. The highest BCUT2D eigenvalue weighted by molar-refractivity contribution is 7.99. The van der Waals surface area contributed by atoms with Crippen molar-refractivity contribution in [3.63, 3.8) is 0 Å². The van der Waals surface area contributed by atoms with Crippen molar-refractivity contribution in [3.05, 3.63) is 47.8 Å². The van der Waals surface area contributed by atoms with Crippen LogP contribution in [0.3, 0.4) is 0 Å². The van der Waals surface area contributed by atoms with Gasteiger partial charge in [0.05, 0.1) is 34.4 Å². The van der Waals surface area contributed by atoms with E-state index in [1.807, 2.05) is 11.5 Å². The van der Waals surface area contributed by atoms with Crippen LogP contribution in [0.4, 0.5) is 4.39 Å². The summed E-state index contributed by atoms with van der Waals surface area (Å²) in [6, 6.07) is 8.22. The summed E-state index contributed by atoms with van der Waals surface area (Å²) in [5.41, 5.74) is 1.35. The fourth-order valence-corrected chi connectivity index (χ4v) is 4.28. The quantitative estimate of drug-likeness (QED) is 0.463. The standard InChI is InChI=1S/C18H18FN3O4S2/c1-3-22-15-6-5-12(28(20,24)25)9-14(15)21-18(22)27-10-16(23)13-8-11(19)4-7-17(13)26-2/h4-9H,3,10H2,1-2H3,(H2,20,24,25). The fourth-order valence-electron chi connectivity index (χ4n) is 2.79. The molecule has 3 rings (SSSR count). The van der Waals surface area contributed by atoms with Crippen LogP contribution in [0.2, 0.25) is 0 Å². The minimum atomic E-state index is -3.84. The van der Waals surface area contributed by atoms with Crippen LogP contribution in [0.15, 0.2) is 46.5 Å². The maximum atomic E-state index is 13.5. The van der Waals surface area contributed by atoms with E-state index >= 15 is 0 Å². The molecule has 1 aromatic heterocycles. The molecular weight excluding hydrogens is 405 g/mol. The molecule has 2 aromatic carbocycles. The molecule has 0 aliphatic heterocycles. The van der Waals surface area contributed by atoms with Gasteiger partial charge in [-0.1, -0.05) is 11.8 Å². The van der Waals surface area contributed by atoms with Gasteiger partial charge >= 0.3 is 0 Å². The smallest absolute Gasteiger partial charge is 0.238 e. The Kier molecular flexibility index (Phi) is 5.73. The molecule has 0 spiro atoms. The predicted octanol–water partition coefficient (Wildman–Crippen LogP) is 2.83. The van der Waals surface area contributed by atoms with Gasteiger partial charge in [-0.25, -0.2) is 22.9 Å². The number of methoxy groups -OCH3 is 1. The first-order chi connectivity index (χ1) is 13.2. The molecule has 10 heteroatoms. The molecule has 28 heavy (non-hydrogen) atoms. The maximum absolute atomic E-state index is 13.5. The van der Waals surface area contributed by atoms with Crippen LogP contribution in [-0.2, 0) is 16.6 Å². The summed E-state index contributed by atoms with van der Waals surface area (Å²) in [4.78, 5) is 17.0. The van der Waals surface area contributed by atoms with Crippen molar-refractivity contribution < 1.29 is 22.3 Å². The van der Waals surface area contributed by atoms with E-state index in [0.717, 1.165) is 11.6 Å². The number of Topliss-reactive ketones (excluding diaryl/α,β-unsaturated/α-hetero) is 1. The molecular formula is C18H18FN3O4S2. The third kappa shape index (κ3) is 4.03. The number of benzene rings is 2. The Balaban J connectivity index is 1.90. The average molecular weight is 423 g/mol. The summed E-state index contributed by atoms with van der Waals surface area (Å²) in [5, 5.41) is 5.72. The number of aryl methyl sites for hydroxylation is 1. The van der Waals surface area contributed by atoms with E-state index in [-0.39, 0.29) is 22.0 Å². The highest BCUT2D eigenvalue weighted by atomic mass is 32.2. The first-order valence-electron chi connectivity index (χ1n) is 8.27. The molecule has 0 unspecified atom stereocenters. The van der Waals surface area contributed by atoms with Crippen molar-refractivity contribution in [3.8, 4) is 5.75 Å². The SMILES string of the molecule is CCn1c(SCC(=O)c2cc(F)ccc2OC)nc2cc(S(N)(=O)=O)ccc21. The second-order valence-electron chi connectivity index (χ2n) is 5.89. The van der Waals surface area contributed by atoms with Gasteiger partial charge < -0.3 is 9.30 Å². The van der Waals surface area contributed by atoms with Gasteiger partial charge in [0.25, 0.3) is 0 Å². The Hall–Kier alpha value is -2.43. The minimum Gasteiger partial charge on any atom is -0.496 e. The molecule has 0 saturated heterocycles. The van der Waals surface area contributed by atoms with Gasteiger partial charge in [-0.3, -0.25) is 4.79 Å². The number of hydrogen-bond acceptors (Lipinski definition) is 6. The zero-order chi connectivity index (χ0) is 20.5. The first-order valence-corrected chi connectivity index (χ1v) is 10.8. The van der Waals surface area contributed by atoms with Gasteiger partial charge in [0.15, 0.2) is 10.9 Å². The zero-order valence-corrected chi connectivity index (χ0v) is 16.8. The van der Waals surface area contributed by atoms with Crippen molar-refractivity contribution in [2.45, 2.75) is 23.5 Å². The lowest BCUT2D eigenvalue weighted by Gasteiger charge is -2.08. The Morgan fingerprint density at radius 1 is 1.29 bits per heavy atom. The zero-order valence-electron chi connectivity index (χ0n) is 15.2. The third-order valence-electron chi connectivity index (χ3n) is 4.12. The molecule has 0 aliphatic carbocycles. The summed E-state index contributed by atoms with van der Waals surface area (Å²) in [5.74, 6) is -0.508. The summed E-state index contributed by atoms with van der Waals surface area (Å²) in [6.07, 6.45) is 0. The number of carbonyl (C=O) groups is 1. The number of thioether (sulfide) groups is 1. The number of fused-ring (bicyclic) bond motifs is 1. The first kappa shape index (κ1) is 20.3. The van der Waals surface area contributed by atoms with E-state index in [4.69, 9.17) is 9.88 Å². The van der Waals surface area contributed by atoms with E-state index in [0.29, 0.717) is 23.0 Å². The van der Waals surface area contributed by atoms with Crippen molar-refractivity contribution in [2.75, 3.05) is 12.9 Å². The number of ketones is 1. The molecule has 0 radical (unpaired) electrons. The van der Waals surface area contributed by atoms with Crippen LogP contribution in [-0.4, -0.2) is 36.6 Å². The number of ether oxygens (including phenoxy) is 1. The van der Waals surface area contributed by atoms with E-state index in [1.54, 1.807) is 6.07 Å². The lowest BCUT2D eigenvalue weighted by molar-refractivity contribution is 0.101. The van der Waals surface area contributed by atoms with Crippen LogP contribution in [0.5, 0.6) is 5.75 Å². The Morgan fingerprint density at radius 3 is 2.68 bits per heavy atom. The third-order valence-corrected chi connectivity index (χ3v) is 6.01. The summed E-state index contributed by atoms with van der Waals surface area (Å²) in [6.45, 7) is 2.49. The Labute approximate surface area is 165 Å². The van der Waals surface area contributed by atoms with Gasteiger partial charge in [-0.15, -0.1) is 0 Å². The second-order valence-corrected chi connectivity index (χ2v) is 8.39. The topological polar surface area (TPSA) is 104 Å². The molecule has 148 valence electrons. The number of halogens is 1. The van der Waals surface area contributed by atoms with E-state index in [2.05, 4.69) is 4.98 Å². The number of hydrogen-bond donors (Lipinski definition) is 1. The van der Waals surface area contributed by atoms with E-state index < -0.39 is 15.8 Å². The molecule has 0 saturated carbocycles. The molecule has 3 aromatic rings. The number of carbonyl (C=O) groups excluding carboxylic acids is 1. The van der Waals surface area contributed by atoms with Crippen LogP contribution in [0.1, 0.15) is 17.3 Å². The summed E-state index contributed by atoms with van der Waals surface area (Å²) >= 11 is 1.18. The van der Waals surface area contributed by atoms with Crippen molar-refractivity contribution in [2.24, 2.45) is 5.14 Å². The van der Waals surface area contributed by atoms with Crippen LogP contribution in [0.25, 0.3) is 11.0 Å². The van der Waals surface area contributed by atoms with Gasteiger partial charge in [-0.2, -0.15) is 0 Å². The van der Waals surface area contributed by atoms with Gasteiger partial charge in [0, 0.05) is 6.54 Å². The molecule has 7 nitrogen and oxygen atoms in total. The largest absolute Gasteiger partial charge is 0.496 e. The summed E-state index contributed by atoms with van der Waals surface area (Å²) in [7, 11) is -2.42. The molecule has 0 fully saturated rings. The van der Waals surface area contributed by atoms with Crippen molar-refractivity contribution >= 4 is 38.6 Å². The molecule has 2 N–H and O–H groups in total. The number of sulfonamides is 1. The number of nitrogens with zero attached hydrogens (tertiary/aromatic N) is 2. The summed E-state index contributed by atoms with van der Waals surface area (Å²) < 4.78 is 43.6. The van der Waals surface area contributed by atoms with Gasteiger partial charge in [-0.05, 0) is 43.3 Å². The monoisotopic (exact) mass is 423 g/mol. The highest BCUT2D eigenvalue weighted by Gasteiger charge is 2.18. The number of primary sulfonamides is 1. The second kappa shape index (κ2) is 7.90. The van der Waals surface area contributed by atoms with Gasteiger partial charge in [0.2, 0.25) is 10.0 Å². The van der Waals surface area contributed by atoms with Gasteiger partial charge in [0.1, 0.15) is 11.6 Å². The Morgan fingerprint density at radius 2 is 2.04 bits per heavy atom. The van der Waals surface area contributed by atoms with Crippen LogP contribution < -0.4 is 9.88 Å². The lowest BCUT2D eigenvalue weighted by atomic mass is 10.1. The number of aromatic nitrogens is 2. The normalized spacial score (nSPS) is 11.7. The van der Waals surface area contributed by atoms with Crippen molar-refractivity contribution in [1.29, 1.82) is 0 Å². The molecule has 0 atom stereocenters. The number of nitrogens with two attached hydrogens (primary N) is 1. The highest BCUT2D eigenvalue weighted by Crippen LogP contribution is 2.28. The molecule has 1 heterocycles. The van der Waals surface area contributed by atoms with Crippen LogP contribution >= 0.6 is 11.8 Å².